The van der Waals surface area contributed by atoms with E-state index in [0.29, 0.717) is 56.2 Å². The number of carbonyl (C=O) groups excluding carboxylic acids is 12. The highest BCUT2D eigenvalue weighted by molar-refractivity contribution is 5.99. The summed E-state index contributed by atoms with van der Waals surface area (Å²) in [7, 11) is 8.41. The molecule has 2 saturated heterocycles. The van der Waals surface area contributed by atoms with E-state index in [4.69, 9.17) is 4.74 Å². The van der Waals surface area contributed by atoms with Crippen LogP contribution in [0.25, 0.3) is 0 Å². The van der Waals surface area contributed by atoms with E-state index in [1.54, 1.807) is 93.3 Å². The SMILES string of the molecule is CCCCN1CC(=O)N(C)[C@@H](Cc2ccccc2)C(=O)N(C)[C@](C=O)(CC(C)C)CN[C@@H](COCC(C)(C)CO)C(=O)N(C)[C@@H](CC(C)C)C(=O)N[C@H](C(=O)N2CCCCC2)CC(=O)N(C)CC(=O)N(C)[C@@H](Cc2ccccc2)C(=O)N[C@@H](C(C)C)C(=O)N(C)[C@@H](CC(C)C)C(=O)N[C@@H]([C@@H](C)O)C1=O. The number of likely N-dealkylation sites (tertiary alicyclic amines) is 1. The number of amides is 11. The fourth-order valence-corrected chi connectivity index (χ4v) is 13.1. The number of unbranched alkanes of at least 4 members (excludes halogenated alkanes) is 1. The predicted octanol–water partition coefficient (Wildman–Crippen LogP) is 3.30. The first-order valence-electron chi connectivity index (χ1n) is 37.0. The van der Waals surface area contributed by atoms with Crippen LogP contribution in [0.2, 0.25) is 0 Å². The number of likely N-dealkylation sites (N-methyl/N-ethyl adjacent to an activating group) is 6. The summed E-state index contributed by atoms with van der Waals surface area (Å²) < 4.78 is 6.20. The topological polar surface area (TPSA) is 329 Å². The Bertz CT molecular complexity index is 3170. The monoisotopic (exact) mass is 1460 g/mol. The second kappa shape index (κ2) is 41.7. The Balaban J connectivity index is 2.02. The molecule has 11 amide bonds. The number of carbonyl (C=O) groups is 12. The average molecular weight is 1460 g/mol. The first-order chi connectivity index (χ1) is 48.8. The summed E-state index contributed by atoms with van der Waals surface area (Å²) in [5.41, 5.74) is -1.26. The van der Waals surface area contributed by atoms with Crippen molar-refractivity contribution in [3.63, 3.8) is 0 Å². The predicted molar refractivity (Wildman–Crippen MR) is 396 cm³/mol. The first kappa shape index (κ1) is 88.5. The summed E-state index contributed by atoms with van der Waals surface area (Å²) in [6, 6.07) is 6.66. The lowest BCUT2D eigenvalue weighted by Crippen LogP contribution is -2.64. The van der Waals surface area contributed by atoms with Gasteiger partial charge in [-0.05, 0) is 86.7 Å². The molecule has 4 rings (SSSR count). The van der Waals surface area contributed by atoms with Gasteiger partial charge in [0.1, 0.15) is 60.2 Å². The van der Waals surface area contributed by atoms with Gasteiger partial charge in [-0.25, -0.2) is 0 Å². The lowest BCUT2D eigenvalue weighted by Gasteiger charge is -2.43. The normalized spacial score (nSPS) is 24.7. The minimum Gasteiger partial charge on any atom is -0.396 e. The molecule has 2 fully saturated rings. The van der Waals surface area contributed by atoms with Crippen LogP contribution in [-0.2, 0) is 75.1 Å². The molecule has 0 aliphatic carbocycles. The first-order valence-corrected chi connectivity index (χ1v) is 37.0. The Hall–Kier alpha value is -7.88. The molecule has 2 aliphatic rings. The van der Waals surface area contributed by atoms with Crippen LogP contribution in [0, 0.1) is 29.1 Å². The molecule has 104 heavy (non-hydrogen) atoms. The Morgan fingerprint density at radius 3 is 1.62 bits per heavy atom. The number of rotatable bonds is 22. The molecule has 0 radical (unpaired) electrons. The third-order valence-electron chi connectivity index (χ3n) is 19.8. The average Bonchev–Trinajstić information content (AvgIpc) is 0.909. The summed E-state index contributed by atoms with van der Waals surface area (Å²) in [6.07, 6.45) is 1.56. The number of aliphatic hydroxyl groups is 2. The molecule has 2 aliphatic heterocycles. The zero-order valence-corrected chi connectivity index (χ0v) is 65.3. The van der Waals surface area contributed by atoms with E-state index < -0.39 is 156 Å². The maximum Gasteiger partial charge on any atom is 0.248 e. The van der Waals surface area contributed by atoms with Crippen LogP contribution >= 0.6 is 0 Å². The third-order valence-corrected chi connectivity index (χ3v) is 19.8. The minimum atomic E-state index is -1.76. The number of aliphatic hydroxyl groups excluding tert-OH is 2. The number of ether oxygens (including phenoxy) is 1. The summed E-state index contributed by atoms with van der Waals surface area (Å²) in [5, 5.41) is 33.4. The van der Waals surface area contributed by atoms with Gasteiger partial charge in [-0.15, -0.1) is 0 Å². The van der Waals surface area contributed by atoms with Gasteiger partial charge in [-0.2, -0.15) is 0 Å². The van der Waals surface area contributed by atoms with Crippen molar-refractivity contribution in [2.75, 3.05) is 101 Å². The van der Waals surface area contributed by atoms with Crippen molar-refractivity contribution >= 4 is 71.3 Å². The van der Waals surface area contributed by atoms with Crippen molar-refractivity contribution in [2.45, 2.75) is 214 Å². The zero-order valence-electron chi connectivity index (χ0n) is 65.3. The van der Waals surface area contributed by atoms with Crippen LogP contribution in [0.3, 0.4) is 0 Å². The molecule has 2 heterocycles. The van der Waals surface area contributed by atoms with Crippen LogP contribution in [0.1, 0.15) is 152 Å². The van der Waals surface area contributed by atoms with Crippen LogP contribution in [0.5, 0.6) is 0 Å². The highest BCUT2D eigenvalue weighted by Gasteiger charge is 2.46. The lowest BCUT2D eigenvalue weighted by molar-refractivity contribution is -0.152. The quantitative estimate of drug-likeness (QED) is 0.0922. The van der Waals surface area contributed by atoms with Crippen LogP contribution < -0.4 is 21.3 Å². The molecular weight excluding hydrogens is 1330 g/mol. The molecule has 0 bridgehead atoms. The number of nitrogens with one attached hydrogen (secondary N) is 4. The van der Waals surface area contributed by atoms with Gasteiger partial charge in [0.15, 0.2) is 0 Å². The lowest BCUT2D eigenvalue weighted by atomic mass is 9.87. The van der Waals surface area contributed by atoms with Gasteiger partial charge in [0.25, 0.3) is 0 Å². The van der Waals surface area contributed by atoms with Gasteiger partial charge >= 0.3 is 0 Å². The molecule has 0 saturated carbocycles. The molecule has 0 spiro atoms. The van der Waals surface area contributed by atoms with Gasteiger partial charge in [0, 0.05) is 86.7 Å². The zero-order chi connectivity index (χ0) is 78.1. The van der Waals surface area contributed by atoms with Crippen LogP contribution in [0.15, 0.2) is 60.7 Å². The van der Waals surface area contributed by atoms with Gasteiger partial charge < -0.3 is 80.2 Å². The Morgan fingerprint density at radius 2 is 1.12 bits per heavy atom. The number of hydrogen-bond donors (Lipinski definition) is 6. The second-order valence-corrected chi connectivity index (χ2v) is 31.1. The smallest absolute Gasteiger partial charge is 0.248 e. The number of hydrogen-bond acceptors (Lipinski definition) is 16. The number of aldehydes is 1. The van der Waals surface area contributed by atoms with Gasteiger partial charge in [-0.1, -0.05) is 143 Å². The van der Waals surface area contributed by atoms with Gasteiger partial charge in [0.05, 0.1) is 45.4 Å². The molecule has 2 aromatic carbocycles. The van der Waals surface area contributed by atoms with Gasteiger partial charge in [0.2, 0.25) is 65.0 Å². The third kappa shape index (κ3) is 25.7. The van der Waals surface area contributed by atoms with E-state index in [2.05, 4.69) is 21.3 Å². The highest BCUT2D eigenvalue weighted by atomic mass is 16.5. The summed E-state index contributed by atoms with van der Waals surface area (Å²) in [5.74, 6) is -9.33. The maximum absolute atomic E-state index is 15.7. The highest BCUT2D eigenvalue weighted by Crippen LogP contribution is 2.27. The molecule has 6 N–H and O–H groups in total. The molecule has 27 nitrogen and oxygen atoms in total. The maximum atomic E-state index is 15.7. The van der Waals surface area contributed by atoms with Crippen molar-refractivity contribution < 1.29 is 72.5 Å². The van der Waals surface area contributed by atoms with Crippen molar-refractivity contribution in [3.05, 3.63) is 71.8 Å². The Labute approximate surface area is 617 Å². The summed E-state index contributed by atoms with van der Waals surface area (Å²) in [6.45, 7) is 19.5. The molecule has 0 unspecified atom stereocenters. The summed E-state index contributed by atoms with van der Waals surface area (Å²) in [4.78, 5) is 190. The van der Waals surface area contributed by atoms with E-state index >= 15 is 28.8 Å². The number of benzene rings is 2. The van der Waals surface area contributed by atoms with Crippen LogP contribution in [0.4, 0.5) is 0 Å². The van der Waals surface area contributed by atoms with Crippen LogP contribution in [-0.4, -0.2) is 282 Å². The van der Waals surface area contributed by atoms with E-state index in [1.807, 2.05) is 48.5 Å². The summed E-state index contributed by atoms with van der Waals surface area (Å²) >= 11 is 0. The van der Waals surface area contributed by atoms with Crippen molar-refractivity contribution in [1.29, 1.82) is 0 Å². The molecule has 27 heteroatoms. The minimum absolute atomic E-state index is 0.0254. The fourth-order valence-electron chi connectivity index (χ4n) is 13.1. The Morgan fingerprint density at radius 1 is 0.615 bits per heavy atom. The van der Waals surface area contributed by atoms with E-state index in [9.17, 15) is 39.0 Å². The van der Waals surface area contributed by atoms with Crippen molar-refractivity contribution in [2.24, 2.45) is 29.1 Å². The second-order valence-electron chi connectivity index (χ2n) is 31.1. The number of nitrogens with zero attached hydrogens (tertiary/aromatic N) is 8. The van der Waals surface area contributed by atoms with Gasteiger partial charge in [-0.3, -0.25) is 52.7 Å². The van der Waals surface area contributed by atoms with Crippen molar-refractivity contribution in [3.8, 4) is 0 Å². The van der Waals surface area contributed by atoms with E-state index in [0.717, 1.165) is 11.3 Å². The molecule has 582 valence electrons. The number of piperidine rings is 1. The van der Waals surface area contributed by atoms with E-state index in [-0.39, 0.29) is 82.8 Å². The largest absolute Gasteiger partial charge is 0.396 e. The standard InChI is InChI=1S/C77H124N12O15/c1-19-20-34-89-44-65(95)84(15)62(40-56-32-26-22-27-33-56)73(101)87(18)77(48-91,42-52(6)7)46-78-58(45-104-49-76(11,12)47-90)71(99)85(16)59(37-50(2)3)68(96)79-57(72(100)88-35-28-23-29-36-88)41-63(93)82(13)43-64(94)83(14)61(39-55-30-24-21-25-31-55)70(98)80-66(53(8)9)74(102)86(17)60(38-51(4)5)69(97)81-67(54(10)92)75(89)103/h21-22,24-27,30-33,48,50-54,57-62,66-67,78,90,92H,19-20,23,28-29,34-47,49H2,1-18H3,(H,79,96)(H,80,98)(H,81,97)/t54-,57+,58+,59+,60+,61+,62+,66+,67+,77-/m1/s1. The fraction of sp³-hybridized carbons (Fsp3) is 0.688. The van der Waals surface area contributed by atoms with Crippen molar-refractivity contribution in [1.82, 2.24) is 60.5 Å². The Kier molecular flexibility index (Phi) is 35.5. The molecule has 0 aromatic heterocycles. The molecular formula is C77H124N12O15. The van der Waals surface area contributed by atoms with E-state index in [1.165, 1.54) is 78.6 Å². The molecule has 10 atom stereocenters. The molecule has 2 aromatic rings.